The summed E-state index contributed by atoms with van der Waals surface area (Å²) in [6.07, 6.45) is 0. The summed E-state index contributed by atoms with van der Waals surface area (Å²) in [5.41, 5.74) is 1.00. The Morgan fingerprint density at radius 3 is 1.42 bits per heavy atom. The zero-order chi connectivity index (χ0) is 9.46. The molecule has 0 aromatic heterocycles. The standard InChI is InChI=1S/C8H8O4/c1-3(2)4-5(7(9)10)6(4)8(11)12/h1-2H3,(H,9,10)(H,11,12). The molecule has 0 saturated heterocycles. The molecule has 0 aromatic carbocycles. The second-order valence-corrected chi connectivity index (χ2v) is 2.74. The van der Waals surface area contributed by atoms with Gasteiger partial charge in [0.1, 0.15) is 0 Å². The number of carbonyl (C=O) groups is 2. The van der Waals surface area contributed by atoms with Gasteiger partial charge in [-0.05, 0) is 13.8 Å². The molecule has 1 rings (SSSR count). The molecule has 4 nitrogen and oxygen atoms in total. The molecule has 12 heavy (non-hydrogen) atoms. The summed E-state index contributed by atoms with van der Waals surface area (Å²) in [6.45, 7) is 3.38. The summed E-state index contributed by atoms with van der Waals surface area (Å²) in [5, 5.41) is 17.1. The number of carboxylic acids is 2. The van der Waals surface area contributed by atoms with Crippen molar-refractivity contribution in [2.24, 2.45) is 0 Å². The van der Waals surface area contributed by atoms with Crippen LogP contribution in [0.2, 0.25) is 0 Å². The first kappa shape index (κ1) is 8.52. The lowest BCUT2D eigenvalue weighted by Crippen LogP contribution is -1.91. The van der Waals surface area contributed by atoms with Crippen molar-refractivity contribution < 1.29 is 19.8 Å². The predicted molar refractivity (Wildman–Crippen MR) is 40.7 cm³/mol. The molecular formula is C8H8O4. The Hall–Kier alpha value is -1.58. The SMILES string of the molecule is CC(C)=C1C(C(=O)O)=C1C(=O)O. The Kier molecular flexibility index (Phi) is 1.76. The highest BCUT2D eigenvalue weighted by atomic mass is 16.4. The minimum atomic E-state index is -1.16. The topological polar surface area (TPSA) is 74.6 Å². The fraction of sp³-hybridized carbons (Fsp3) is 0.250. The van der Waals surface area contributed by atoms with E-state index < -0.39 is 11.9 Å². The fourth-order valence-electron chi connectivity index (χ4n) is 1.12. The Bertz CT molecular complexity index is 303. The Morgan fingerprint density at radius 2 is 1.33 bits per heavy atom. The number of hydrogen-bond acceptors (Lipinski definition) is 2. The highest BCUT2D eigenvalue weighted by Crippen LogP contribution is 2.41. The molecule has 0 fully saturated rings. The van der Waals surface area contributed by atoms with E-state index in [0.717, 1.165) is 5.57 Å². The molecule has 0 aromatic rings. The summed E-state index contributed by atoms with van der Waals surface area (Å²) in [6, 6.07) is 0. The average Bonchev–Trinajstić information content (AvgIpc) is 2.58. The van der Waals surface area contributed by atoms with Crippen LogP contribution in [-0.4, -0.2) is 22.2 Å². The molecule has 0 unspecified atom stereocenters. The van der Waals surface area contributed by atoms with E-state index in [-0.39, 0.29) is 11.1 Å². The second kappa shape index (κ2) is 2.48. The molecule has 0 radical (unpaired) electrons. The van der Waals surface area contributed by atoms with Gasteiger partial charge in [-0.25, -0.2) is 9.59 Å². The van der Waals surface area contributed by atoms with Crippen LogP contribution in [0.15, 0.2) is 22.3 Å². The lowest BCUT2D eigenvalue weighted by atomic mass is 10.2. The van der Waals surface area contributed by atoms with E-state index in [1.165, 1.54) is 0 Å². The van der Waals surface area contributed by atoms with Crippen molar-refractivity contribution in [1.82, 2.24) is 0 Å². The van der Waals surface area contributed by atoms with Crippen molar-refractivity contribution in [1.29, 1.82) is 0 Å². The van der Waals surface area contributed by atoms with Gasteiger partial charge >= 0.3 is 11.9 Å². The first-order valence-electron chi connectivity index (χ1n) is 3.36. The fourth-order valence-corrected chi connectivity index (χ4v) is 1.12. The normalized spacial score (nSPS) is 14.7. The van der Waals surface area contributed by atoms with Crippen molar-refractivity contribution in [3.8, 4) is 0 Å². The van der Waals surface area contributed by atoms with E-state index in [2.05, 4.69) is 0 Å². The largest absolute Gasteiger partial charge is 0.478 e. The Morgan fingerprint density at radius 1 is 1.00 bits per heavy atom. The van der Waals surface area contributed by atoms with Crippen LogP contribution in [0.3, 0.4) is 0 Å². The minimum Gasteiger partial charge on any atom is -0.478 e. The predicted octanol–water partition coefficient (Wildman–Crippen LogP) is 0.802. The van der Waals surface area contributed by atoms with Crippen LogP contribution in [0.25, 0.3) is 0 Å². The molecule has 0 atom stereocenters. The number of allylic oxidation sites excluding steroid dienone is 1. The minimum absolute atomic E-state index is 0.0532. The van der Waals surface area contributed by atoms with Crippen molar-refractivity contribution in [3.05, 3.63) is 22.3 Å². The monoisotopic (exact) mass is 168 g/mol. The molecule has 0 spiro atoms. The number of carboxylic acid groups (broad SMARTS) is 2. The molecule has 1 aliphatic rings. The zero-order valence-electron chi connectivity index (χ0n) is 6.71. The van der Waals surface area contributed by atoms with Gasteiger partial charge < -0.3 is 10.2 Å². The number of rotatable bonds is 2. The van der Waals surface area contributed by atoms with E-state index >= 15 is 0 Å². The quantitative estimate of drug-likeness (QED) is 0.639. The van der Waals surface area contributed by atoms with E-state index in [1.807, 2.05) is 0 Å². The number of aliphatic carboxylic acids is 2. The van der Waals surface area contributed by atoms with Gasteiger partial charge in [0, 0.05) is 5.57 Å². The summed E-state index contributed by atoms with van der Waals surface area (Å²) >= 11 is 0. The summed E-state index contributed by atoms with van der Waals surface area (Å²) < 4.78 is 0. The first-order chi connectivity index (χ1) is 5.46. The van der Waals surface area contributed by atoms with Crippen molar-refractivity contribution in [2.45, 2.75) is 13.8 Å². The van der Waals surface area contributed by atoms with Gasteiger partial charge in [-0.1, -0.05) is 5.57 Å². The molecular weight excluding hydrogens is 160 g/mol. The highest BCUT2D eigenvalue weighted by molar-refractivity contribution is 6.17. The summed E-state index contributed by atoms with van der Waals surface area (Å²) in [4.78, 5) is 20.9. The van der Waals surface area contributed by atoms with Gasteiger partial charge in [0.15, 0.2) is 0 Å². The zero-order valence-corrected chi connectivity index (χ0v) is 6.71. The maximum Gasteiger partial charge on any atom is 0.337 e. The maximum atomic E-state index is 10.4. The molecule has 64 valence electrons. The van der Waals surface area contributed by atoms with E-state index in [1.54, 1.807) is 13.8 Å². The molecule has 0 heterocycles. The average molecular weight is 168 g/mol. The van der Waals surface area contributed by atoms with Crippen LogP contribution >= 0.6 is 0 Å². The lowest BCUT2D eigenvalue weighted by Gasteiger charge is -1.85. The molecule has 0 amide bonds. The van der Waals surface area contributed by atoms with E-state index in [4.69, 9.17) is 10.2 Å². The van der Waals surface area contributed by atoms with Crippen molar-refractivity contribution in [3.63, 3.8) is 0 Å². The Labute approximate surface area is 68.8 Å². The third-order valence-corrected chi connectivity index (χ3v) is 1.62. The van der Waals surface area contributed by atoms with Gasteiger partial charge in [0.2, 0.25) is 0 Å². The van der Waals surface area contributed by atoms with E-state index in [9.17, 15) is 9.59 Å². The van der Waals surface area contributed by atoms with Gasteiger partial charge in [-0.3, -0.25) is 0 Å². The van der Waals surface area contributed by atoms with Crippen LogP contribution in [-0.2, 0) is 9.59 Å². The summed E-state index contributed by atoms with van der Waals surface area (Å²) in [5.74, 6) is -2.33. The molecule has 1 aliphatic carbocycles. The first-order valence-corrected chi connectivity index (χ1v) is 3.36. The van der Waals surface area contributed by atoms with Crippen molar-refractivity contribution in [2.75, 3.05) is 0 Å². The second-order valence-electron chi connectivity index (χ2n) is 2.74. The van der Waals surface area contributed by atoms with Crippen LogP contribution in [0.1, 0.15) is 13.8 Å². The van der Waals surface area contributed by atoms with Crippen LogP contribution < -0.4 is 0 Å². The van der Waals surface area contributed by atoms with Crippen molar-refractivity contribution >= 4 is 11.9 Å². The Balaban J connectivity index is 3.06. The molecule has 0 bridgehead atoms. The van der Waals surface area contributed by atoms with E-state index in [0.29, 0.717) is 5.57 Å². The van der Waals surface area contributed by atoms with Gasteiger partial charge in [-0.15, -0.1) is 0 Å². The highest BCUT2D eigenvalue weighted by Gasteiger charge is 2.40. The van der Waals surface area contributed by atoms with Gasteiger partial charge in [-0.2, -0.15) is 0 Å². The summed E-state index contributed by atoms with van der Waals surface area (Å²) in [7, 11) is 0. The molecule has 0 saturated carbocycles. The van der Waals surface area contributed by atoms with Gasteiger partial charge in [0.25, 0.3) is 0 Å². The smallest absolute Gasteiger partial charge is 0.337 e. The molecule has 4 heteroatoms. The van der Waals surface area contributed by atoms with Crippen LogP contribution in [0, 0.1) is 0 Å². The third kappa shape index (κ3) is 1.11. The molecule has 2 N–H and O–H groups in total. The van der Waals surface area contributed by atoms with Crippen LogP contribution in [0.4, 0.5) is 0 Å². The molecule has 0 aliphatic heterocycles. The third-order valence-electron chi connectivity index (χ3n) is 1.62. The lowest BCUT2D eigenvalue weighted by molar-refractivity contribution is -0.134. The van der Waals surface area contributed by atoms with Crippen LogP contribution in [0.5, 0.6) is 0 Å². The van der Waals surface area contributed by atoms with Gasteiger partial charge in [0.05, 0.1) is 11.1 Å². The maximum absolute atomic E-state index is 10.4. The number of hydrogen-bond donors (Lipinski definition) is 2.